The van der Waals surface area contributed by atoms with Crippen molar-refractivity contribution in [2.75, 3.05) is 13.1 Å². The van der Waals surface area contributed by atoms with Gasteiger partial charge < -0.3 is 10.5 Å². The van der Waals surface area contributed by atoms with Crippen LogP contribution in [-0.4, -0.2) is 41.9 Å². The number of ether oxygens (including phenoxy) is 1. The molecule has 0 radical (unpaired) electrons. The van der Waals surface area contributed by atoms with Crippen LogP contribution in [0.4, 0.5) is 18.0 Å². The molecule has 2 N–H and O–H groups in total. The number of sulfonamides is 1. The van der Waals surface area contributed by atoms with Gasteiger partial charge in [0.2, 0.25) is 15.9 Å². The fraction of sp³-hybridized carbons (Fsp3) is 0.235. The minimum absolute atomic E-state index is 0.0225. The quantitative estimate of drug-likeness (QED) is 0.800. The van der Waals surface area contributed by atoms with Gasteiger partial charge in [-0.2, -0.15) is 22.5 Å². The van der Waals surface area contributed by atoms with E-state index in [1.165, 1.54) is 12.3 Å². The van der Waals surface area contributed by atoms with Gasteiger partial charge in [-0.1, -0.05) is 12.1 Å². The molecule has 0 saturated carbocycles. The van der Waals surface area contributed by atoms with Crippen LogP contribution in [0.5, 0.6) is 5.88 Å². The van der Waals surface area contributed by atoms with Crippen molar-refractivity contribution >= 4 is 21.7 Å². The first kappa shape index (κ1) is 20.7. The maximum absolute atomic E-state index is 12.9. The maximum Gasteiger partial charge on any atom is 0.416 e. The number of carbonyl (C=O) groups is 1. The monoisotopic (exact) mass is 428 g/mol. The van der Waals surface area contributed by atoms with E-state index < -0.39 is 32.8 Å². The van der Waals surface area contributed by atoms with Crippen molar-refractivity contribution in [2.24, 2.45) is 5.73 Å². The number of nitrogens with zero attached hydrogens (tertiary/aromatic N) is 3. The molecule has 0 bridgehead atoms. The summed E-state index contributed by atoms with van der Waals surface area (Å²) >= 11 is 0. The molecule has 0 fully saturated rings. The minimum atomic E-state index is -4.64. The molecule has 0 aliphatic carbocycles. The topological polar surface area (TPSA) is 115 Å². The first-order chi connectivity index (χ1) is 13.6. The van der Waals surface area contributed by atoms with Crippen LogP contribution in [0.15, 0.2) is 47.5 Å². The molecule has 8 nitrogen and oxygen atoms in total. The van der Waals surface area contributed by atoms with E-state index in [9.17, 15) is 26.4 Å². The number of alkyl halides is 3. The predicted octanol–water partition coefficient (Wildman–Crippen LogP) is 2.43. The third-order valence-corrected chi connectivity index (χ3v) is 5.95. The second-order valence-corrected chi connectivity index (χ2v) is 7.95. The molecule has 1 amide bonds. The molecule has 2 aromatic rings. The highest BCUT2D eigenvalue weighted by atomic mass is 32.2. The summed E-state index contributed by atoms with van der Waals surface area (Å²) < 4.78 is 69.8. The molecule has 0 atom stereocenters. The van der Waals surface area contributed by atoms with Crippen LogP contribution in [0, 0.1) is 0 Å². The largest absolute Gasteiger partial charge is 0.416 e. The van der Waals surface area contributed by atoms with Gasteiger partial charge in [0, 0.05) is 25.4 Å². The maximum atomic E-state index is 12.9. The van der Waals surface area contributed by atoms with Crippen molar-refractivity contribution in [3.63, 3.8) is 0 Å². The van der Waals surface area contributed by atoms with E-state index in [4.69, 9.17) is 5.73 Å². The van der Waals surface area contributed by atoms with E-state index in [0.717, 1.165) is 22.5 Å². The Kier molecular flexibility index (Phi) is 5.57. The number of carbonyl (C=O) groups excluding carboxylic acids is 1. The van der Waals surface area contributed by atoms with Gasteiger partial charge in [0.15, 0.2) is 5.82 Å². The molecule has 29 heavy (non-hydrogen) atoms. The second kappa shape index (κ2) is 7.79. The Morgan fingerprint density at radius 2 is 2.00 bits per heavy atom. The number of rotatable bonds is 4. The summed E-state index contributed by atoms with van der Waals surface area (Å²) in [5, 5.41) is 0. The van der Waals surface area contributed by atoms with E-state index in [1.54, 1.807) is 6.08 Å². The van der Waals surface area contributed by atoms with Gasteiger partial charge in [-0.25, -0.2) is 18.2 Å². The van der Waals surface area contributed by atoms with Gasteiger partial charge >= 0.3 is 12.3 Å². The number of amides is 1. The molecule has 0 saturated heterocycles. The van der Waals surface area contributed by atoms with Gasteiger partial charge in [0.1, 0.15) is 0 Å². The first-order valence-electron chi connectivity index (χ1n) is 8.24. The Morgan fingerprint density at radius 3 is 2.62 bits per heavy atom. The lowest BCUT2D eigenvalue weighted by atomic mass is 10.1. The third-order valence-electron chi connectivity index (χ3n) is 4.09. The van der Waals surface area contributed by atoms with Gasteiger partial charge in [-0.3, -0.25) is 0 Å². The fourth-order valence-corrected chi connectivity index (χ4v) is 4.14. The predicted molar refractivity (Wildman–Crippen MR) is 95.0 cm³/mol. The van der Waals surface area contributed by atoms with Crippen molar-refractivity contribution in [3.05, 3.63) is 54.0 Å². The molecule has 1 aliphatic heterocycles. The summed E-state index contributed by atoms with van der Waals surface area (Å²) in [5.41, 5.74) is 4.50. The van der Waals surface area contributed by atoms with Crippen LogP contribution in [0.3, 0.4) is 0 Å². The van der Waals surface area contributed by atoms with Gasteiger partial charge in [-0.15, -0.1) is 0 Å². The zero-order chi connectivity index (χ0) is 21.2. The molecule has 3 rings (SSSR count). The molecule has 0 unspecified atom stereocenters. The summed E-state index contributed by atoms with van der Waals surface area (Å²) in [6.45, 7) is -0.0488. The highest BCUT2D eigenvalue weighted by Crippen LogP contribution is 2.32. The zero-order valence-corrected chi connectivity index (χ0v) is 15.6. The summed E-state index contributed by atoms with van der Waals surface area (Å²) in [6, 6.07) is 4.94. The molecule has 0 spiro atoms. The van der Waals surface area contributed by atoms with Crippen LogP contribution in [0.1, 0.15) is 17.8 Å². The van der Waals surface area contributed by atoms with E-state index >= 15 is 0 Å². The average Bonchev–Trinajstić information content (AvgIpc) is 2.67. The summed E-state index contributed by atoms with van der Waals surface area (Å²) in [4.78, 5) is 18.5. The van der Waals surface area contributed by atoms with Gasteiger partial charge in [0.25, 0.3) is 0 Å². The Balaban J connectivity index is 1.81. The number of halogens is 3. The standard InChI is InChI=1S/C17H15F3N4O4S/c18-17(19,20)12-2-1-3-13(10-12)29(26,27)24-8-5-11(6-9-24)15-22-7-4-14(23-15)28-16(21)25/h1-5,7,10H,6,8-9H2,(H2,21,25). The Bertz CT molecular complexity index is 1070. The molecular weight excluding hydrogens is 413 g/mol. The molecular formula is C17H15F3N4O4S. The zero-order valence-electron chi connectivity index (χ0n) is 14.8. The van der Waals surface area contributed by atoms with Crippen molar-refractivity contribution in [2.45, 2.75) is 17.5 Å². The normalized spacial score (nSPS) is 15.6. The van der Waals surface area contributed by atoms with Crippen LogP contribution in [0.2, 0.25) is 0 Å². The second-order valence-electron chi connectivity index (χ2n) is 6.01. The molecule has 1 aromatic heterocycles. The fourth-order valence-electron chi connectivity index (χ4n) is 2.71. The van der Waals surface area contributed by atoms with Crippen LogP contribution in [-0.2, 0) is 16.2 Å². The average molecular weight is 428 g/mol. The lowest BCUT2D eigenvalue weighted by Gasteiger charge is -2.25. The number of benzene rings is 1. The Morgan fingerprint density at radius 1 is 1.24 bits per heavy atom. The van der Waals surface area contributed by atoms with Crippen LogP contribution < -0.4 is 10.5 Å². The number of primary amides is 1. The van der Waals surface area contributed by atoms with Gasteiger partial charge in [0.05, 0.1) is 10.5 Å². The lowest BCUT2D eigenvalue weighted by molar-refractivity contribution is -0.137. The lowest BCUT2D eigenvalue weighted by Crippen LogP contribution is -2.35. The number of hydrogen-bond acceptors (Lipinski definition) is 6. The van der Waals surface area contributed by atoms with E-state index in [2.05, 4.69) is 14.7 Å². The summed E-state index contributed by atoms with van der Waals surface area (Å²) in [6.07, 6.45) is -2.55. The van der Waals surface area contributed by atoms with E-state index in [1.807, 2.05) is 0 Å². The van der Waals surface area contributed by atoms with Crippen molar-refractivity contribution in [1.29, 1.82) is 0 Å². The number of nitrogens with two attached hydrogens (primary N) is 1. The van der Waals surface area contributed by atoms with Crippen molar-refractivity contribution in [1.82, 2.24) is 14.3 Å². The van der Waals surface area contributed by atoms with Crippen LogP contribution >= 0.6 is 0 Å². The van der Waals surface area contributed by atoms with Crippen LogP contribution in [0.25, 0.3) is 5.57 Å². The Hall–Kier alpha value is -2.99. The van der Waals surface area contributed by atoms with E-state index in [0.29, 0.717) is 11.6 Å². The summed E-state index contributed by atoms with van der Waals surface area (Å²) in [5.74, 6) is 0.183. The molecule has 1 aromatic carbocycles. The highest BCUT2D eigenvalue weighted by molar-refractivity contribution is 7.89. The van der Waals surface area contributed by atoms with E-state index in [-0.39, 0.29) is 31.2 Å². The molecule has 1 aliphatic rings. The Labute approximate surface area is 163 Å². The minimum Gasteiger partial charge on any atom is -0.391 e. The number of hydrogen-bond donors (Lipinski definition) is 1. The molecule has 154 valence electrons. The van der Waals surface area contributed by atoms with Crippen molar-refractivity contribution in [3.8, 4) is 5.88 Å². The summed E-state index contributed by atoms with van der Waals surface area (Å²) in [7, 11) is -4.11. The van der Waals surface area contributed by atoms with Crippen molar-refractivity contribution < 1.29 is 31.1 Å². The SMILES string of the molecule is NC(=O)Oc1ccnc(C2=CCN(S(=O)(=O)c3cccc(C(F)(F)F)c3)CC2)n1. The molecule has 2 heterocycles. The van der Waals surface area contributed by atoms with Gasteiger partial charge in [-0.05, 0) is 30.2 Å². The smallest absolute Gasteiger partial charge is 0.391 e. The highest BCUT2D eigenvalue weighted by Gasteiger charge is 2.33. The molecule has 12 heteroatoms. The number of aromatic nitrogens is 2. The first-order valence-corrected chi connectivity index (χ1v) is 9.68. The third kappa shape index (κ3) is 4.71.